The van der Waals surface area contributed by atoms with E-state index in [1.54, 1.807) is 9.58 Å². The van der Waals surface area contributed by atoms with E-state index in [1.807, 2.05) is 42.6 Å². The predicted octanol–water partition coefficient (Wildman–Crippen LogP) is 0.648. The van der Waals surface area contributed by atoms with Gasteiger partial charge >= 0.3 is 0 Å². The first-order valence-corrected chi connectivity index (χ1v) is 8.25. The third-order valence-electron chi connectivity index (χ3n) is 4.16. The molecule has 1 fully saturated rings. The minimum atomic E-state index is 0.0990. The fourth-order valence-corrected chi connectivity index (χ4v) is 2.87. The van der Waals surface area contributed by atoms with Gasteiger partial charge in [-0.05, 0) is 6.07 Å². The van der Waals surface area contributed by atoms with E-state index in [0.29, 0.717) is 26.2 Å². The van der Waals surface area contributed by atoms with Gasteiger partial charge in [0.1, 0.15) is 5.69 Å². The second kappa shape index (κ2) is 6.86. The first kappa shape index (κ1) is 15.5. The molecular formula is C17H19N7O. The molecule has 2 N–H and O–H groups in total. The van der Waals surface area contributed by atoms with Crippen LogP contribution >= 0.6 is 0 Å². The molecule has 3 aromatic rings. The minimum absolute atomic E-state index is 0.0990. The fourth-order valence-electron chi connectivity index (χ4n) is 2.87. The summed E-state index contributed by atoms with van der Waals surface area (Å²) >= 11 is 0. The lowest BCUT2D eigenvalue weighted by molar-refractivity contribution is -0.132. The third-order valence-corrected chi connectivity index (χ3v) is 4.16. The smallest absolute Gasteiger partial charge is 0.236 e. The van der Waals surface area contributed by atoms with Crippen molar-refractivity contribution in [1.29, 1.82) is 0 Å². The number of hydrogen-bond acceptors (Lipinski definition) is 5. The van der Waals surface area contributed by atoms with Crippen molar-refractivity contribution in [1.82, 2.24) is 35.4 Å². The van der Waals surface area contributed by atoms with Crippen molar-refractivity contribution in [3.63, 3.8) is 0 Å². The number of H-pyrrole nitrogens is 1. The monoisotopic (exact) mass is 337 g/mol. The van der Waals surface area contributed by atoms with Crippen LogP contribution in [0.5, 0.6) is 0 Å². The van der Waals surface area contributed by atoms with Gasteiger partial charge in [-0.1, -0.05) is 35.5 Å². The number of nitrogens with zero attached hydrogens (tertiary/aromatic N) is 5. The molecule has 8 heteroatoms. The van der Waals surface area contributed by atoms with E-state index in [9.17, 15) is 4.79 Å². The Morgan fingerprint density at radius 1 is 1.16 bits per heavy atom. The summed E-state index contributed by atoms with van der Waals surface area (Å²) in [6.07, 6.45) is 1.87. The molecule has 0 spiro atoms. The standard InChI is InChI=1S/C17H19N7O/c25-17-9-18-6-7-23(17)10-15-12-24(22-20-15)11-14-8-16(21-19-14)13-4-2-1-3-5-13/h1-5,8,12,18H,6-7,9-11H2,(H,19,21). The molecule has 1 aliphatic rings. The molecule has 25 heavy (non-hydrogen) atoms. The Bertz CT molecular complexity index is 855. The molecule has 0 aliphatic carbocycles. The maximum Gasteiger partial charge on any atom is 0.236 e. The van der Waals surface area contributed by atoms with Gasteiger partial charge in [0.05, 0.1) is 37.2 Å². The van der Waals surface area contributed by atoms with Crippen molar-refractivity contribution in [3.05, 3.63) is 54.0 Å². The zero-order valence-corrected chi connectivity index (χ0v) is 13.7. The Hall–Kier alpha value is -3.00. The van der Waals surface area contributed by atoms with E-state index >= 15 is 0 Å². The number of rotatable bonds is 5. The van der Waals surface area contributed by atoms with E-state index in [4.69, 9.17) is 0 Å². The van der Waals surface area contributed by atoms with Gasteiger partial charge in [0.15, 0.2) is 0 Å². The molecule has 0 bridgehead atoms. The number of amides is 1. The van der Waals surface area contributed by atoms with Gasteiger partial charge in [0.25, 0.3) is 0 Å². The number of nitrogens with one attached hydrogen (secondary N) is 2. The van der Waals surface area contributed by atoms with Crippen LogP contribution in [-0.4, -0.2) is 55.6 Å². The Morgan fingerprint density at radius 3 is 2.88 bits per heavy atom. The summed E-state index contributed by atoms with van der Waals surface area (Å²) in [5.74, 6) is 0.0990. The summed E-state index contributed by atoms with van der Waals surface area (Å²) in [5.41, 5.74) is 3.72. The van der Waals surface area contributed by atoms with Crippen LogP contribution < -0.4 is 5.32 Å². The third kappa shape index (κ3) is 3.58. The average Bonchev–Trinajstić information content (AvgIpc) is 3.28. The number of carbonyl (C=O) groups is 1. The number of carbonyl (C=O) groups excluding carboxylic acids is 1. The zero-order valence-electron chi connectivity index (χ0n) is 13.7. The van der Waals surface area contributed by atoms with Crippen LogP contribution in [0.2, 0.25) is 0 Å². The SMILES string of the molecule is O=C1CNCCN1Cc1cn(Cc2cc(-c3ccccc3)n[nH]2)nn1. The number of aromatic amines is 1. The largest absolute Gasteiger partial charge is 0.334 e. The Morgan fingerprint density at radius 2 is 2.04 bits per heavy atom. The quantitative estimate of drug-likeness (QED) is 0.713. The highest BCUT2D eigenvalue weighted by Crippen LogP contribution is 2.17. The lowest BCUT2D eigenvalue weighted by Crippen LogP contribution is -2.47. The van der Waals surface area contributed by atoms with Crippen molar-refractivity contribution in [2.45, 2.75) is 13.1 Å². The molecule has 4 rings (SSSR count). The molecule has 0 radical (unpaired) electrons. The number of hydrogen-bond donors (Lipinski definition) is 2. The van der Waals surface area contributed by atoms with Gasteiger partial charge < -0.3 is 10.2 Å². The van der Waals surface area contributed by atoms with Gasteiger partial charge in [0, 0.05) is 18.7 Å². The number of aromatic nitrogens is 5. The molecule has 0 atom stereocenters. The van der Waals surface area contributed by atoms with Crippen molar-refractivity contribution in [3.8, 4) is 11.3 Å². The highest BCUT2D eigenvalue weighted by Gasteiger charge is 2.18. The summed E-state index contributed by atoms with van der Waals surface area (Å²) in [7, 11) is 0. The molecule has 1 aliphatic heterocycles. The lowest BCUT2D eigenvalue weighted by atomic mass is 10.1. The molecule has 1 saturated heterocycles. The highest BCUT2D eigenvalue weighted by molar-refractivity contribution is 5.78. The first-order chi connectivity index (χ1) is 12.3. The predicted molar refractivity (Wildman–Crippen MR) is 91.4 cm³/mol. The van der Waals surface area contributed by atoms with Crippen LogP contribution in [0, 0.1) is 0 Å². The molecule has 0 saturated carbocycles. The second-order valence-electron chi connectivity index (χ2n) is 6.04. The summed E-state index contributed by atoms with van der Waals surface area (Å²) in [6.45, 7) is 2.97. The molecule has 1 aromatic carbocycles. The maximum atomic E-state index is 11.8. The van der Waals surface area contributed by atoms with Gasteiger partial charge in [0.2, 0.25) is 5.91 Å². The minimum Gasteiger partial charge on any atom is -0.334 e. The van der Waals surface area contributed by atoms with E-state index in [-0.39, 0.29) is 5.91 Å². The van der Waals surface area contributed by atoms with Crippen molar-refractivity contribution in [2.24, 2.45) is 0 Å². The molecule has 8 nitrogen and oxygen atoms in total. The molecule has 0 unspecified atom stereocenters. The maximum absolute atomic E-state index is 11.8. The number of piperazine rings is 1. The molecule has 1 amide bonds. The van der Waals surface area contributed by atoms with Crippen LogP contribution in [0.15, 0.2) is 42.6 Å². The topological polar surface area (TPSA) is 91.7 Å². The van der Waals surface area contributed by atoms with E-state index in [2.05, 4.69) is 25.8 Å². The summed E-state index contributed by atoms with van der Waals surface area (Å²) in [5, 5.41) is 18.8. The Labute approximate surface area is 144 Å². The second-order valence-corrected chi connectivity index (χ2v) is 6.04. The molecule has 128 valence electrons. The highest BCUT2D eigenvalue weighted by atomic mass is 16.2. The lowest BCUT2D eigenvalue weighted by Gasteiger charge is -2.26. The summed E-state index contributed by atoms with van der Waals surface area (Å²) < 4.78 is 1.75. The van der Waals surface area contributed by atoms with Crippen LogP contribution in [0.4, 0.5) is 0 Å². The molecule has 3 heterocycles. The summed E-state index contributed by atoms with van der Waals surface area (Å²) in [4.78, 5) is 13.6. The molecular weight excluding hydrogens is 318 g/mol. The van der Waals surface area contributed by atoms with Crippen molar-refractivity contribution in [2.75, 3.05) is 19.6 Å². The van der Waals surface area contributed by atoms with E-state index in [0.717, 1.165) is 29.2 Å². The van der Waals surface area contributed by atoms with Crippen LogP contribution in [-0.2, 0) is 17.9 Å². The van der Waals surface area contributed by atoms with Crippen LogP contribution in [0.25, 0.3) is 11.3 Å². The van der Waals surface area contributed by atoms with Gasteiger partial charge in [-0.15, -0.1) is 5.10 Å². The Balaban J connectivity index is 1.41. The van der Waals surface area contributed by atoms with Gasteiger partial charge in [-0.2, -0.15) is 5.10 Å². The fraction of sp³-hybridized carbons (Fsp3) is 0.294. The zero-order chi connectivity index (χ0) is 17.1. The number of benzene rings is 1. The van der Waals surface area contributed by atoms with Crippen LogP contribution in [0.1, 0.15) is 11.4 Å². The summed E-state index contributed by atoms with van der Waals surface area (Å²) in [6, 6.07) is 12.0. The molecule has 2 aromatic heterocycles. The van der Waals surface area contributed by atoms with E-state index in [1.165, 1.54) is 0 Å². The van der Waals surface area contributed by atoms with Crippen LogP contribution in [0.3, 0.4) is 0 Å². The average molecular weight is 337 g/mol. The normalized spacial score (nSPS) is 14.9. The van der Waals surface area contributed by atoms with Gasteiger partial charge in [-0.3, -0.25) is 9.89 Å². The first-order valence-electron chi connectivity index (χ1n) is 8.25. The van der Waals surface area contributed by atoms with Gasteiger partial charge in [-0.25, -0.2) is 4.68 Å². The van der Waals surface area contributed by atoms with E-state index < -0.39 is 0 Å². The van der Waals surface area contributed by atoms with Crippen molar-refractivity contribution < 1.29 is 4.79 Å². The van der Waals surface area contributed by atoms with Crippen molar-refractivity contribution >= 4 is 5.91 Å². The Kier molecular flexibility index (Phi) is 4.26.